The van der Waals surface area contributed by atoms with Crippen molar-refractivity contribution in [2.75, 3.05) is 13.2 Å². The zero-order chi connectivity index (χ0) is 15.6. The molecule has 114 valence electrons. The second-order valence-electron chi connectivity index (χ2n) is 5.11. The maximum absolute atomic E-state index is 12.0. The number of aromatic nitrogens is 3. The van der Waals surface area contributed by atoms with Crippen LogP contribution in [-0.2, 0) is 22.5 Å². The van der Waals surface area contributed by atoms with E-state index in [-0.39, 0.29) is 31.3 Å². The van der Waals surface area contributed by atoms with Crippen molar-refractivity contribution in [3.8, 4) is 0 Å². The summed E-state index contributed by atoms with van der Waals surface area (Å²) in [4.78, 5) is 35.5. The summed E-state index contributed by atoms with van der Waals surface area (Å²) in [7, 11) is 0. The molecule has 1 aromatic heterocycles. The summed E-state index contributed by atoms with van der Waals surface area (Å²) < 4.78 is 5.92. The van der Waals surface area contributed by atoms with Crippen molar-refractivity contribution < 1.29 is 24.2 Å². The molecule has 0 spiro atoms. The first-order chi connectivity index (χ1) is 9.90. The SMILES string of the molecule is CC(C)Cc1c(C(=O)O)nnn1CC(=O)N1CCOC1=O. The summed E-state index contributed by atoms with van der Waals surface area (Å²) in [6.07, 6.45) is -0.268. The van der Waals surface area contributed by atoms with E-state index >= 15 is 0 Å². The van der Waals surface area contributed by atoms with Crippen LogP contribution in [0.4, 0.5) is 4.79 Å². The molecule has 21 heavy (non-hydrogen) atoms. The lowest BCUT2D eigenvalue weighted by Crippen LogP contribution is -2.35. The summed E-state index contributed by atoms with van der Waals surface area (Å²) in [5, 5.41) is 16.4. The molecule has 2 rings (SSSR count). The molecule has 0 aliphatic carbocycles. The normalized spacial score (nSPS) is 14.6. The molecule has 9 nitrogen and oxygen atoms in total. The summed E-state index contributed by atoms with van der Waals surface area (Å²) in [5.41, 5.74) is 0.207. The lowest BCUT2D eigenvalue weighted by atomic mass is 10.1. The van der Waals surface area contributed by atoms with E-state index in [0.29, 0.717) is 12.1 Å². The van der Waals surface area contributed by atoms with Crippen molar-refractivity contribution in [2.45, 2.75) is 26.8 Å². The first-order valence-corrected chi connectivity index (χ1v) is 6.53. The number of amides is 2. The molecule has 2 amide bonds. The number of carbonyl (C=O) groups excluding carboxylic acids is 2. The van der Waals surface area contributed by atoms with Gasteiger partial charge in [-0.1, -0.05) is 19.1 Å². The molecule has 1 aromatic rings. The molecule has 0 aromatic carbocycles. The number of carboxylic acids is 1. The topological polar surface area (TPSA) is 115 Å². The van der Waals surface area contributed by atoms with Crippen LogP contribution in [0.2, 0.25) is 0 Å². The van der Waals surface area contributed by atoms with E-state index in [1.165, 1.54) is 4.68 Å². The predicted molar refractivity (Wildman–Crippen MR) is 68.6 cm³/mol. The number of cyclic esters (lactones) is 1. The van der Waals surface area contributed by atoms with E-state index in [1.54, 1.807) is 0 Å². The number of carbonyl (C=O) groups is 3. The molecule has 9 heteroatoms. The van der Waals surface area contributed by atoms with E-state index in [0.717, 1.165) is 4.90 Å². The molecule has 0 bridgehead atoms. The van der Waals surface area contributed by atoms with Crippen molar-refractivity contribution in [1.29, 1.82) is 0 Å². The molecule has 1 aliphatic rings. The van der Waals surface area contributed by atoms with Crippen molar-refractivity contribution in [3.63, 3.8) is 0 Å². The van der Waals surface area contributed by atoms with Gasteiger partial charge in [-0.15, -0.1) is 5.10 Å². The Labute approximate surface area is 120 Å². The van der Waals surface area contributed by atoms with E-state index < -0.39 is 18.0 Å². The van der Waals surface area contributed by atoms with Crippen molar-refractivity contribution in [2.24, 2.45) is 5.92 Å². The Balaban J connectivity index is 2.21. The first kappa shape index (κ1) is 14.9. The molecule has 0 atom stereocenters. The van der Waals surface area contributed by atoms with E-state index in [4.69, 9.17) is 5.11 Å². The van der Waals surface area contributed by atoms with Gasteiger partial charge in [0.1, 0.15) is 13.2 Å². The highest BCUT2D eigenvalue weighted by Crippen LogP contribution is 2.13. The maximum Gasteiger partial charge on any atom is 0.416 e. The summed E-state index contributed by atoms with van der Waals surface area (Å²) in [5.74, 6) is -1.51. The zero-order valence-electron chi connectivity index (χ0n) is 11.8. The number of imide groups is 1. The Morgan fingerprint density at radius 1 is 1.43 bits per heavy atom. The minimum absolute atomic E-state index is 0.166. The first-order valence-electron chi connectivity index (χ1n) is 6.53. The average molecular weight is 296 g/mol. The van der Waals surface area contributed by atoms with Gasteiger partial charge in [0.25, 0.3) is 5.91 Å². The van der Waals surface area contributed by atoms with Crippen LogP contribution in [0.25, 0.3) is 0 Å². The molecule has 0 saturated carbocycles. The average Bonchev–Trinajstić information content (AvgIpc) is 2.96. The van der Waals surface area contributed by atoms with Crippen LogP contribution in [0.5, 0.6) is 0 Å². The van der Waals surface area contributed by atoms with Gasteiger partial charge in [0, 0.05) is 0 Å². The fourth-order valence-corrected chi connectivity index (χ4v) is 2.05. The van der Waals surface area contributed by atoms with E-state index in [2.05, 4.69) is 15.0 Å². The fourth-order valence-electron chi connectivity index (χ4n) is 2.05. The van der Waals surface area contributed by atoms with Crippen LogP contribution in [0.1, 0.15) is 30.0 Å². The Morgan fingerprint density at radius 3 is 2.67 bits per heavy atom. The maximum atomic E-state index is 12.0. The standard InChI is InChI=1S/C12H16N4O5/c1-7(2)5-8-10(11(18)19)13-14-16(8)6-9(17)15-3-4-21-12(15)20/h7H,3-6H2,1-2H3,(H,18,19). The van der Waals surface area contributed by atoms with Crippen molar-refractivity contribution in [3.05, 3.63) is 11.4 Å². The number of rotatable bonds is 5. The second-order valence-corrected chi connectivity index (χ2v) is 5.11. The van der Waals surface area contributed by atoms with Crippen LogP contribution < -0.4 is 0 Å². The van der Waals surface area contributed by atoms with E-state index in [9.17, 15) is 14.4 Å². The van der Waals surface area contributed by atoms with Gasteiger partial charge in [0.05, 0.1) is 12.2 Å². The van der Waals surface area contributed by atoms with Crippen LogP contribution in [0.3, 0.4) is 0 Å². The number of carboxylic acid groups (broad SMARTS) is 1. The Hall–Kier alpha value is -2.45. The van der Waals surface area contributed by atoms with Crippen LogP contribution >= 0.6 is 0 Å². The molecule has 1 aliphatic heterocycles. The van der Waals surface area contributed by atoms with Crippen LogP contribution in [0, 0.1) is 5.92 Å². The van der Waals surface area contributed by atoms with Gasteiger partial charge in [-0.25, -0.2) is 19.2 Å². The molecular weight excluding hydrogens is 280 g/mol. The molecule has 1 N–H and O–H groups in total. The van der Waals surface area contributed by atoms with Gasteiger partial charge in [0.15, 0.2) is 5.69 Å². The largest absolute Gasteiger partial charge is 0.476 e. The Kier molecular flexibility index (Phi) is 4.20. The molecule has 1 fully saturated rings. The third-order valence-corrected chi connectivity index (χ3v) is 2.99. The van der Waals surface area contributed by atoms with Gasteiger partial charge >= 0.3 is 12.1 Å². The third kappa shape index (κ3) is 3.18. The number of ether oxygens (including phenoxy) is 1. The second kappa shape index (κ2) is 5.90. The van der Waals surface area contributed by atoms with Crippen LogP contribution in [0.15, 0.2) is 0 Å². The predicted octanol–water partition coefficient (Wildman–Crippen LogP) is 0.154. The zero-order valence-corrected chi connectivity index (χ0v) is 11.8. The van der Waals surface area contributed by atoms with Gasteiger partial charge in [-0.05, 0) is 12.3 Å². The van der Waals surface area contributed by atoms with Gasteiger partial charge < -0.3 is 9.84 Å². The molecule has 1 saturated heterocycles. The molecule has 2 heterocycles. The molecule has 0 radical (unpaired) electrons. The Bertz CT molecular complexity index is 580. The summed E-state index contributed by atoms with van der Waals surface area (Å²) in [6.45, 7) is 3.96. The summed E-state index contributed by atoms with van der Waals surface area (Å²) >= 11 is 0. The molecular formula is C12H16N4O5. The number of aromatic carboxylic acids is 1. The summed E-state index contributed by atoms with van der Waals surface area (Å²) in [6, 6.07) is 0. The van der Waals surface area contributed by atoms with Crippen LogP contribution in [-0.4, -0.2) is 56.1 Å². The quantitative estimate of drug-likeness (QED) is 0.822. The monoisotopic (exact) mass is 296 g/mol. The van der Waals surface area contributed by atoms with Crippen molar-refractivity contribution in [1.82, 2.24) is 19.9 Å². The number of hydrogen-bond donors (Lipinski definition) is 1. The van der Waals surface area contributed by atoms with E-state index in [1.807, 2.05) is 13.8 Å². The van der Waals surface area contributed by atoms with Gasteiger partial charge in [0.2, 0.25) is 0 Å². The highest BCUT2D eigenvalue weighted by atomic mass is 16.6. The Morgan fingerprint density at radius 2 is 2.14 bits per heavy atom. The van der Waals surface area contributed by atoms with Gasteiger partial charge in [-0.3, -0.25) is 4.79 Å². The molecule has 0 unspecified atom stereocenters. The highest BCUT2D eigenvalue weighted by molar-refractivity contribution is 5.93. The smallest absolute Gasteiger partial charge is 0.416 e. The number of nitrogens with zero attached hydrogens (tertiary/aromatic N) is 4. The van der Waals surface area contributed by atoms with Gasteiger partial charge in [-0.2, -0.15) is 0 Å². The number of hydrogen-bond acceptors (Lipinski definition) is 6. The minimum Gasteiger partial charge on any atom is -0.476 e. The fraction of sp³-hybridized carbons (Fsp3) is 0.583. The lowest BCUT2D eigenvalue weighted by molar-refractivity contribution is -0.128. The minimum atomic E-state index is -1.19. The van der Waals surface area contributed by atoms with Crippen molar-refractivity contribution >= 4 is 18.0 Å². The third-order valence-electron chi connectivity index (χ3n) is 2.99. The lowest BCUT2D eigenvalue weighted by Gasteiger charge is -2.12. The highest BCUT2D eigenvalue weighted by Gasteiger charge is 2.30.